The maximum atomic E-state index is 6.41. The van der Waals surface area contributed by atoms with Crippen molar-refractivity contribution in [3.05, 3.63) is 42.2 Å². The van der Waals surface area contributed by atoms with Crippen LogP contribution in [0.5, 0.6) is 5.75 Å². The second-order valence-corrected chi connectivity index (χ2v) is 7.87. The Balaban J connectivity index is 1.46. The van der Waals surface area contributed by atoms with E-state index in [1.54, 1.807) is 0 Å². The summed E-state index contributed by atoms with van der Waals surface area (Å²) < 4.78 is 7.74. The van der Waals surface area contributed by atoms with E-state index < -0.39 is 0 Å². The van der Waals surface area contributed by atoms with Crippen molar-refractivity contribution in [2.75, 3.05) is 26.2 Å². The zero-order valence-corrected chi connectivity index (χ0v) is 16.9. The van der Waals surface area contributed by atoms with Crippen molar-refractivity contribution in [1.82, 2.24) is 14.7 Å². The molecule has 0 radical (unpaired) electrons. The van der Waals surface area contributed by atoms with Gasteiger partial charge < -0.3 is 15.4 Å². The molecule has 2 heterocycles. The minimum atomic E-state index is -0.0387. The molecule has 1 aromatic carbocycles. The van der Waals surface area contributed by atoms with Crippen LogP contribution in [-0.4, -0.2) is 47.0 Å². The van der Waals surface area contributed by atoms with Crippen LogP contribution in [0.2, 0.25) is 0 Å². The molecule has 5 nitrogen and oxygen atoms in total. The van der Waals surface area contributed by atoms with Gasteiger partial charge >= 0.3 is 0 Å². The molecule has 6 heteroatoms. The molecule has 0 amide bonds. The highest BCUT2D eigenvalue weighted by molar-refractivity contribution is 6.20. The molecule has 148 valence electrons. The molecule has 0 spiro atoms. The predicted molar refractivity (Wildman–Crippen MR) is 111 cm³/mol. The monoisotopic (exact) mass is 390 g/mol. The van der Waals surface area contributed by atoms with Crippen LogP contribution in [0, 0.1) is 0 Å². The van der Waals surface area contributed by atoms with E-state index in [4.69, 9.17) is 22.1 Å². The molecule has 1 saturated heterocycles. The van der Waals surface area contributed by atoms with Gasteiger partial charge in [0.05, 0.1) is 23.9 Å². The van der Waals surface area contributed by atoms with Gasteiger partial charge in [-0.15, -0.1) is 11.6 Å². The van der Waals surface area contributed by atoms with Crippen LogP contribution in [-0.2, 0) is 0 Å². The quantitative estimate of drug-likeness (QED) is 0.489. The second-order valence-electron chi connectivity index (χ2n) is 7.34. The van der Waals surface area contributed by atoms with E-state index in [9.17, 15) is 0 Å². The number of nitrogens with zero attached hydrogens (tertiary/aromatic N) is 3. The van der Waals surface area contributed by atoms with Crippen molar-refractivity contribution in [3.8, 4) is 11.4 Å². The van der Waals surface area contributed by atoms with Crippen LogP contribution in [0.15, 0.2) is 36.7 Å². The SMILES string of the molecule is C[C@@H]1CCCN1CCCOc1ccc(-n2cc(C(Cl)CCCN)cn2)cc1. The summed E-state index contributed by atoms with van der Waals surface area (Å²) in [5.41, 5.74) is 7.58. The number of rotatable bonds is 10. The Morgan fingerprint density at radius 1 is 1.30 bits per heavy atom. The number of aromatic nitrogens is 2. The molecular weight excluding hydrogens is 360 g/mol. The molecule has 0 saturated carbocycles. The van der Waals surface area contributed by atoms with Gasteiger partial charge in [0.2, 0.25) is 0 Å². The molecule has 0 aliphatic carbocycles. The lowest BCUT2D eigenvalue weighted by molar-refractivity contribution is 0.230. The third-order valence-electron chi connectivity index (χ3n) is 5.28. The van der Waals surface area contributed by atoms with E-state index in [0.717, 1.165) is 55.5 Å². The lowest BCUT2D eigenvalue weighted by atomic mass is 10.1. The van der Waals surface area contributed by atoms with Crippen LogP contribution < -0.4 is 10.5 Å². The van der Waals surface area contributed by atoms with Gasteiger partial charge in [-0.05, 0) is 76.4 Å². The van der Waals surface area contributed by atoms with Crippen molar-refractivity contribution < 1.29 is 4.74 Å². The first kappa shape index (κ1) is 20.2. The molecule has 0 bridgehead atoms. The summed E-state index contributed by atoms with van der Waals surface area (Å²) in [7, 11) is 0. The Morgan fingerprint density at radius 3 is 2.81 bits per heavy atom. The third-order valence-corrected chi connectivity index (χ3v) is 5.75. The van der Waals surface area contributed by atoms with Gasteiger partial charge in [0.1, 0.15) is 5.75 Å². The van der Waals surface area contributed by atoms with E-state index in [1.807, 2.05) is 41.3 Å². The summed E-state index contributed by atoms with van der Waals surface area (Å²) in [6, 6.07) is 8.78. The third kappa shape index (κ3) is 5.71. The van der Waals surface area contributed by atoms with E-state index in [-0.39, 0.29) is 5.38 Å². The standard InChI is InChI=1S/C21H31ClN4O/c1-17-5-3-12-25(17)13-4-14-27-20-9-7-19(8-10-20)26-16-18(15-24-26)21(22)6-2-11-23/h7-10,15-17,21H,2-6,11-14,23H2,1H3/t17-,21?/m1/s1. The summed E-state index contributed by atoms with van der Waals surface area (Å²) in [5, 5.41) is 4.39. The summed E-state index contributed by atoms with van der Waals surface area (Å²) in [4.78, 5) is 2.55. The van der Waals surface area contributed by atoms with Crippen LogP contribution in [0.1, 0.15) is 50.0 Å². The van der Waals surface area contributed by atoms with Crippen molar-refractivity contribution in [3.63, 3.8) is 0 Å². The van der Waals surface area contributed by atoms with Gasteiger partial charge in [0.25, 0.3) is 0 Å². The fourth-order valence-corrected chi connectivity index (χ4v) is 3.85. The Hall–Kier alpha value is -1.56. The van der Waals surface area contributed by atoms with Crippen LogP contribution in [0.4, 0.5) is 0 Å². The normalized spacial score (nSPS) is 18.7. The molecule has 1 aliphatic heterocycles. The van der Waals surface area contributed by atoms with Gasteiger partial charge in [0, 0.05) is 24.3 Å². The number of hydrogen-bond acceptors (Lipinski definition) is 4. The molecule has 1 aliphatic rings. The van der Waals surface area contributed by atoms with Gasteiger partial charge in [0.15, 0.2) is 0 Å². The fraction of sp³-hybridized carbons (Fsp3) is 0.571. The molecule has 27 heavy (non-hydrogen) atoms. The van der Waals surface area contributed by atoms with E-state index in [2.05, 4.69) is 16.9 Å². The number of halogens is 1. The number of benzene rings is 1. The smallest absolute Gasteiger partial charge is 0.119 e. The molecule has 1 fully saturated rings. The lowest BCUT2D eigenvalue weighted by Crippen LogP contribution is -2.28. The largest absolute Gasteiger partial charge is 0.494 e. The molecule has 2 aromatic rings. The number of likely N-dealkylation sites (tertiary alicyclic amines) is 1. The number of ether oxygens (including phenoxy) is 1. The molecule has 3 rings (SSSR count). The maximum absolute atomic E-state index is 6.41. The average molecular weight is 391 g/mol. The Kier molecular flexibility index (Phi) is 7.56. The summed E-state index contributed by atoms with van der Waals surface area (Å²) >= 11 is 6.41. The Bertz CT molecular complexity index is 688. The van der Waals surface area contributed by atoms with Crippen molar-refractivity contribution in [2.45, 2.75) is 50.4 Å². The molecule has 1 unspecified atom stereocenters. The fourth-order valence-electron chi connectivity index (χ4n) is 3.58. The Labute approximate surface area is 167 Å². The molecule has 2 N–H and O–H groups in total. The number of nitrogens with two attached hydrogens (primary N) is 1. The predicted octanol–water partition coefficient (Wildman–Crippen LogP) is 4.14. The van der Waals surface area contributed by atoms with Crippen molar-refractivity contribution in [2.24, 2.45) is 5.73 Å². The van der Waals surface area contributed by atoms with Gasteiger partial charge in [-0.3, -0.25) is 0 Å². The van der Waals surface area contributed by atoms with Gasteiger partial charge in [-0.2, -0.15) is 5.10 Å². The average Bonchev–Trinajstić information content (AvgIpc) is 3.33. The van der Waals surface area contributed by atoms with E-state index in [1.165, 1.54) is 19.4 Å². The van der Waals surface area contributed by atoms with Crippen LogP contribution >= 0.6 is 11.6 Å². The van der Waals surface area contributed by atoms with Crippen molar-refractivity contribution in [1.29, 1.82) is 0 Å². The van der Waals surface area contributed by atoms with Crippen molar-refractivity contribution >= 4 is 11.6 Å². The first-order valence-corrected chi connectivity index (χ1v) is 10.5. The van der Waals surface area contributed by atoms with Crippen LogP contribution in [0.25, 0.3) is 5.69 Å². The minimum absolute atomic E-state index is 0.0387. The highest BCUT2D eigenvalue weighted by Gasteiger charge is 2.19. The van der Waals surface area contributed by atoms with E-state index >= 15 is 0 Å². The highest BCUT2D eigenvalue weighted by Crippen LogP contribution is 2.26. The second kappa shape index (κ2) is 10.1. The van der Waals surface area contributed by atoms with Crippen LogP contribution in [0.3, 0.4) is 0 Å². The minimum Gasteiger partial charge on any atom is -0.494 e. The topological polar surface area (TPSA) is 56.3 Å². The maximum Gasteiger partial charge on any atom is 0.119 e. The number of alkyl halides is 1. The first-order chi connectivity index (χ1) is 13.2. The molecule has 1 aromatic heterocycles. The zero-order valence-electron chi connectivity index (χ0n) is 16.2. The highest BCUT2D eigenvalue weighted by atomic mass is 35.5. The zero-order chi connectivity index (χ0) is 19.1. The molecule has 2 atom stereocenters. The number of hydrogen-bond donors (Lipinski definition) is 1. The summed E-state index contributed by atoms with van der Waals surface area (Å²) in [6.07, 6.45) is 9.33. The first-order valence-electron chi connectivity index (χ1n) is 10.0. The Morgan fingerprint density at radius 2 is 2.11 bits per heavy atom. The van der Waals surface area contributed by atoms with E-state index in [0.29, 0.717) is 6.54 Å². The molecular formula is C21H31ClN4O. The van der Waals surface area contributed by atoms with Gasteiger partial charge in [-0.25, -0.2) is 4.68 Å². The summed E-state index contributed by atoms with van der Waals surface area (Å²) in [6.45, 7) is 6.09. The lowest BCUT2D eigenvalue weighted by Gasteiger charge is -2.20. The summed E-state index contributed by atoms with van der Waals surface area (Å²) in [5.74, 6) is 0.902. The van der Waals surface area contributed by atoms with Gasteiger partial charge in [-0.1, -0.05) is 0 Å².